The highest BCUT2D eigenvalue weighted by atomic mass is 19.1. The molecule has 1 N–H and O–H groups in total. The summed E-state index contributed by atoms with van der Waals surface area (Å²) in [6.07, 6.45) is 2.61. The highest BCUT2D eigenvalue weighted by Crippen LogP contribution is 2.50. The van der Waals surface area contributed by atoms with Crippen LogP contribution < -0.4 is 14.2 Å². The summed E-state index contributed by atoms with van der Waals surface area (Å²) >= 11 is 0. The predicted octanol–water partition coefficient (Wildman–Crippen LogP) is 5.76. The zero-order valence-electron chi connectivity index (χ0n) is 19.3. The molecule has 1 saturated carbocycles. The van der Waals surface area contributed by atoms with Crippen LogP contribution in [0.5, 0.6) is 17.2 Å². The Hall–Kier alpha value is -3.68. The minimum atomic E-state index is -0.953. The molecule has 1 aliphatic heterocycles. The molecular weight excluding hydrogens is 456 g/mol. The van der Waals surface area contributed by atoms with Crippen LogP contribution in [-0.4, -0.2) is 29.8 Å². The molecule has 0 radical (unpaired) electrons. The summed E-state index contributed by atoms with van der Waals surface area (Å²) in [5, 5.41) is 9.54. The van der Waals surface area contributed by atoms with E-state index in [1.807, 2.05) is 0 Å². The second kappa shape index (κ2) is 9.17. The Morgan fingerprint density at radius 3 is 2.63 bits per heavy atom. The lowest BCUT2D eigenvalue weighted by Crippen LogP contribution is -2.25. The summed E-state index contributed by atoms with van der Waals surface area (Å²) in [5.74, 6) is -2.19. The van der Waals surface area contributed by atoms with Crippen molar-refractivity contribution in [2.45, 2.75) is 31.8 Å². The van der Waals surface area contributed by atoms with Crippen molar-refractivity contribution in [1.29, 1.82) is 0 Å². The predicted molar refractivity (Wildman–Crippen MR) is 124 cm³/mol. The van der Waals surface area contributed by atoms with Gasteiger partial charge in [0.1, 0.15) is 18.2 Å². The number of aliphatic carboxylic acids is 1. The largest absolute Gasteiger partial charge is 0.497 e. The molecule has 3 unspecified atom stereocenters. The first-order chi connectivity index (χ1) is 16.9. The summed E-state index contributed by atoms with van der Waals surface area (Å²) < 4.78 is 46.9. The van der Waals surface area contributed by atoms with Crippen LogP contribution in [-0.2, 0) is 4.79 Å². The van der Waals surface area contributed by atoms with E-state index in [2.05, 4.69) is 4.98 Å². The fourth-order valence-electron chi connectivity index (χ4n) is 4.67. The van der Waals surface area contributed by atoms with Crippen molar-refractivity contribution >= 4 is 5.97 Å². The molecule has 6 nitrogen and oxygen atoms in total. The maximum absolute atomic E-state index is 15.6. The van der Waals surface area contributed by atoms with Crippen molar-refractivity contribution in [1.82, 2.24) is 4.98 Å². The van der Waals surface area contributed by atoms with Crippen molar-refractivity contribution in [2.24, 2.45) is 11.8 Å². The minimum Gasteiger partial charge on any atom is -0.497 e. The summed E-state index contributed by atoms with van der Waals surface area (Å²) in [6.45, 7) is 1.74. The van der Waals surface area contributed by atoms with Gasteiger partial charge < -0.3 is 19.3 Å². The molecular formula is C27H25F2NO5. The van der Waals surface area contributed by atoms with Crippen molar-refractivity contribution in [3.8, 4) is 28.4 Å². The van der Waals surface area contributed by atoms with E-state index in [4.69, 9.17) is 14.2 Å². The van der Waals surface area contributed by atoms with Gasteiger partial charge in [-0.2, -0.15) is 0 Å². The monoisotopic (exact) mass is 481 g/mol. The lowest BCUT2D eigenvalue weighted by atomic mass is 9.83. The number of benzene rings is 2. The number of aromatic nitrogens is 1. The molecule has 35 heavy (non-hydrogen) atoms. The maximum atomic E-state index is 15.6. The normalized spacial score (nSPS) is 18.6. The van der Waals surface area contributed by atoms with Gasteiger partial charge >= 0.3 is 5.97 Å². The third kappa shape index (κ3) is 4.40. The Balaban J connectivity index is 1.41. The lowest BCUT2D eigenvalue weighted by Gasteiger charge is -2.29. The van der Waals surface area contributed by atoms with E-state index in [1.165, 1.54) is 19.4 Å². The molecule has 1 aliphatic carbocycles. The van der Waals surface area contributed by atoms with Gasteiger partial charge in [0.2, 0.25) is 0 Å². The van der Waals surface area contributed by atoms with Gasteiger partial charge in [-0.3, -0.25) is 9.78 Å². The summed E-state index contributed by atoms with van der Waals surface area (Å²) in [4.78, 5) is 16.1. The molecule has 0 bridgehead atoms. The van der Waals surface area contributed by atoms with Crippen molar-refractivity contribution in [3.05, 3.63) is 71.6 Å². The van der Waals surface area contributed by atoms with Crippen LogP contribution in [0.4, 0.5) is 8.78 Å². The molecule has 0 saturated heterocycles. The zero-order valence-corrected chi connectivity index (χ0v) is 19.3. The van der Waals surface area contributed by atoms with Gasteiger partial charge in [-0.25, -0.2) is 8.78 Å². The van der Waals surface area contributed by atoms with Crippen LogP contribution in [0.25, 0.3) is 11.1 Å². The van der Waals surface area contributed by atoms with E-state index in [1.54, 1.807) is 43.3 Å². The van der Waals surface area contributed by atoms with Crippen LogP contribution in [0.3, 0.4) is 0 Å². The fourth-order valence-corrected chi connectivity index (χ4v) is 4.67. The van der Waals surface area contributed by atoms with E-state index < -0.39 is 35.5 Å². The first-order valence-corrected chi connectivity index (χ1v) is 11.5. The molecule has 2 heterocycles. The number of fused-ring (bicyclic) bond motifs is 1. The molecule has 1 fully saturated rings. The number of halogens is 2. The highest BCUT2D eigenvalue weighted by Gasteiger charge is 2.41. The van der Waals surface area contributed by atoms with E-state index in [0.717, 1.165) is 12.8 Å². The maximum Gasteiger partial charge on any atom is 0.306 e. The first kappa shape index (κ1) is 23.1. The Morgan fingerprint density at radius 2 is 1.97 bits per heavy atom. The van der Waals surface area contributed by atoms with Gasteiger partial charge in [0.15, 0.2) is 23.4 Å². The molecule has 3 aromatic rings. The van der Waals surface area contributed by atoms with Gasteiger partial charge in [0.25, 0.3) is 0 Å². The third-order valence-electron chi connectivity index (χ3n) is 6.76. The molecule has 0 amide bonds. The summed E-state index contributed by atoms with van der Waals surface area (Å²) in [5.41, 5.74) is 1.75. The lowest BCUT2D eigenvalue weighted by molar-refractivity contribution is -0.142. The van der Waals surface area contributed by atoms with Gasteiger partial charge in [-0.05, 0) is 54.7 Å². The topological polar surface area (TPSA) is 77.9 Å². The number of pyridine rings is 1. The standard InChI is InChI=1S/C27H25F2NO5/c1-14(27(31)32)24(15-3-4-15)18-7-10-22-26(25(18)29)35-23(13-34-22)21-9-5-16(12-30-21)19-11-17(33-2)6-8-20(19)28/h5-12,14-15,23-24H,3-4,13H2,1-2H3,(H,31,32). The third-order valence-corrected chi connectivity index (χ3v) is 6.76. The second-order valence-electron chi connectivity index (χ2n) is 9.02. The molecule has 8 heteroatoms. The Bertz CT molecular complexity index is 1260. The number of methoxy groups -OCH3 is 1. The molecule has 5 rings (SSSR count). The van der Waals surface area contributed by atoms with Crippen LogP contribution in [0, 0.1) is 23.5 Å². The number of rotatable bonds is 7. The van der Waals surface area contributed by atoms with Gasteiger partial charge in [0, 0.05) is 23.2 Å². The molecule has 2 aliphatic rings. The van der Waals surface area contributed by atoms with Crippen molar-refractivity contribution in [3.63, 3.8) is 0 Å². The average molecular weight is 481 g/mol. The SMILES string of the molecule is COc1ccc(F)c(-c2ccc(C3COc4ccc(C(C5CC5)C(C)C(=O)O)c(F)c4O3)nc2)c1. The Labute approximate surface area is 201 Å². The molecule has 3 atom stereocenters. The summed E-state index contributed by atoms with van der Waals surface area (Å²) in [6, 6.07) is 11.1. The van der Waals surface area contributed by atoms with Gasteiger partial charge in [0.05, 0.1) is 18.7 Å². The Kier molecular flexibility index (Phi) is 6.05. The van der Waals surface area contributed by atoms with E-state index in [9.17, 15) is 14.3 Å². The van der Waals surface area contributed by atoms with Crippen molar-refractivity contribution < 1.29 is 32.9 Å². The first-order valence-electron chi connectivity index (χ1n) is 11.5. The smallest absolute Gasteiger partial charge is 0.306 e. The second-order valence-corrected chi connectivity index (χ2v) is 9.02. The minimum absolute atomic E-state index is 0.0355. The summed E-state index contributed by atoms with van der Waals surface area (Å²) in [7, 11) is 1.51. The number of ether oxygens (including phenoxy) is 3. The number of nitrogens with zero attached hydrogens (tertiary/aromatic N) is 1. The number of carboxylic acid groups (broad SMARTS) is 1. The van der Waals surface area contributed by atoms with E-state index >= 15 is 4.39 Å². The highest BCUT2D eigenvalue weighted by molar-refractivity contribution is 5.71. The average Bonchev–Trinajstić information content (AvgIpc) is 3.71. The molecule has 2 aromatic carbocycles. The molecule has 0 spiro atoms. The van der Waals surface area contributed by atoms with Crippen LogP contribution in [0.15, 0.2) is 48.7 Å². The number of carbonyl (C=O) groups is 1. The van der Waals surface area contributed by atoms with Gasteiger partial charge in [-0.15, -0.1) is 0 Å². The van der Waals surface area contributed by atoms with Gasteiger partial charge in [-0.1, -0.05) is 19.1 Å². The quantitative estimate of drug-likeness (QED) is 0.462. The number of hydrogen-bond acceptors (Lipinski definition) is 5. The van der Waals surface area contributed by atoms with Crippen LogP contribution in [0.1, 0.15) is 43.0 Å². The number of hydrogen-bond donors (Lipinski definition) is 1. The zero-order chi connectivity index (χ0) is 24.7. The number of carboxylic acids is 1. The molecule has 1 aromatic heterocycles. The van der Waals surface area contributed by atoms with E-state index in [-0.39, 0.29) is 24.0 Å². The van der Waals surface area contributed by atoms with Crippen LogP contribution in [0.2, 0.25) is 0 Å². The molecule has 182 valence electrons. The Morgan fingerprint density at radius 1 is 1.17 bits per heavy atom. The fraction of sp³-hybridized carbons (Fsp3) is 0.333. The van der Waals surface area contributed by atoms with Crippen molar-refractivity contribution in [2.75, 3.05) is 13.7 Å². The van der Waals surface area contributed by atoms with Crippen LogP contribution >= 0.6 is 0 Å². The van der Waals surface area contributed by atoms with E-state index in [0.29, 0.717) is 28.1 Å².